The minimum atomic E-state index is -0.469. The van der Waals surface area contributed by atoms with Crippen LogP contribution in [0.15, 0.2) is 24.4 Å². The molecule has 0 aliphatic carbocycles. The van der Waals surface area contributed by atoms with Crippen LogP contribution < -0.4 is 0 Å². The van der Waals surface area contributed by atoms with Gasteiger partial charge in [0.15, 0.2) is 0 Å². The number of rotatable bonds is 4. The fourth-order valence-electron chi connectivity index (χ4n) is 2.59. The van der Waals surface area contributed by atoms with E-state index in [1.807, 2.05) is 20.8 Å². The molecule has 1 unspecified atom stereocenters. The van der Waals surface area contributed by atoms with E-state index < -0.39 is 5.82 Å². The molecule has 5 heteroatoms. The molecule has 1 N–H and O–H groups in total. The van der Waals surface area contributed by atoms with Crippen molar-refractivity contribution in [1.82, 2.24) is 4.98 Å². The summed E-state index contributed by atoms with van der Waals surface area (Å²) in [4.78, 5) is 4.03. The minimum absolute atomic E-state index is 0.0278. The van der Waals surface area contributed by atoms with E-state index in [1.54, 1.807) is 18.2 Å². The number of benzene rings is 1. The quantitative estimate of drug-likeness (QED) is 0.753. The Morgan fingerprint density at radius 2 is 1.91 bits per heavy atom. The first-order valence-electron chi connectivity index (χ1n) is 7.11. The van der Waals surface area contributed by atoms with Gasteiger partial charge in [-0.15, -0.1) is 0 Å². The van der Waals surface area contributed by atoms with E-state index in [0.717, 1.165) is 11.1 Å². The number of pyridine rings is 1. The van der Waals surface area contributed by atoms with Crippen molar-refractivity contribution in [2.45, 2.75) is 32.6 Å². The highest BCUT2D eigenvalue weighted by atomic mass is 35.5. The first kappa shape index (κ1) is 17.2. The van der Waals surface area contributed by atoms with Crippen LogP contribution in [0.4, 0.5) is 4.39 Å². The zero-order valence-electron chi connectivity index (χ0n) is 12.7. The van der Waals surface area contributed by atoms with E-state index in [4.69, 9.17) is 23.2 Å². The molecule has 0 saturated carbocycles. The maximum absolute atomic E-state index is 14.7. The molecule has 1 heterocycles. The van der Waals surface area contributed by atoms with E-state index in [9.17, 15) is 9.50 Å². The van der Waals surface area contributed by atoms with Crippen molar-refractivity contribution in [3.05, 3.63) is 51.5 Å². The van der Waals surface area contributed by atoms with Gasteiger partial charge in [0.2, 0.25) is 0 Å². The second-order valence-electron chi connectivity index (χ2n) is 5.66. The molecule has 118 valence electrons. The average molecular weight is 342 g/mol. The lowest BCUT2D eigenvalue weighted by Crippen LogP contribution is -2.08. The molecular formula is C17H18Cl2FNO. The first-order valence-corrected chi connectivity index (χ1v) is 7.87. The number of aromatic nitrogens is 1. The summed E-state index contributed by atoms with van der Waals surface area (Å²) in [6.07, 6.45) is 1.54. The van der Waals surface area contributed by atoms with Crippen molar-refractivity contribution in [3.8, 4) is 11.1 Å². The SMILES string of the molecule is CC(C)c1c(C(C)CO)cc(Cl)c(F)c1-c1ccc(Cl)nc1. The molecule has 1 atom stereocenters. The molecular weight excluding hydrogens is 324 g/mol. The molecule has 0 spiro atoms. The summed E-state index contributed by atoms with van der Waals surface area (Å²) in [6.45, 7) is 5.84. The summed E-state index contributed by atoms with van der Waals surface area (Å²) in [5.74, 6) is -0.528. The Bertz CT molecular complexity index is 671. The summed E-state index contributed by atoms with van der Waals surface area (Å²) >= 11 is 11.9. The highest BCUT2D eigenvalue weighted by molar-refractivity contribution is 6.31. The molecule has 0 saturated heterocycles. The van der Waals surface area contributed by atoms with Gasteiger partial charge >= 0.3 is 0 Å². The summed E-state index contributed by atoms with van der Waals surface area (Å²) in [5, 5.41) is 9.88. The predicted molar refractivity (Wildman–Crippen MR) is 89.2 cm³/mol. The van der Waals surface area contributed by atoms with Crippen LogP contribution in [0.2, 0.25) is 10.2 Å². The third-order valence-electron chi connectivity index (χ3n) is 3.69. The van der Waals surface area contributed by atoms with Crippen LogP contribution in [0.3, 0.4) is 0 Å². The van der Waals surface area contributed by atoms with Crippen LogP contribution >= 0.6 is 23.2 Å². The Balaban J connectivity index is 2.80. The topological polar surface area (TPSA) is 33.1 Å². The number of aliphatic hydroxyl groups excluding tert-OH is 1. The van der Waals surface area contributed by atoms with E-state index in [-0.39, 0.29) is 23.5 Å². The molecule has 2 aromatic rings. The van der Waals surface area contributed by atoms with Crippen LogP contribution in [0, 0.1) is 5.82 Å². The molecule has 2 nitrogen and oxygen atoms in total. The normalized spacial score (nSPS) is 12.7. The lowest BCUT2D eigenvalue weighted by atomic mass is 9.84. The van der Waals surface area contributed by atoms with Gasteiger partial charge in [-0.05, 0) is 35.2 Å². The maximum atomic E-state index is 14.7. The second-order valence-corrected chi connectivity index (χ2v) is 6.45. The molecule has 0 aliphatic rings. The largest absolute Gasteiger partial charge is 0.396 e. The van der Waals surface area contributed by atoms with Crippen LogP contribution in [-0.2, 0) is 0 Å². The van der Waals surface area contributed by atoms with Crippen LogP contribution in [0.5, 0.6) is 0 Å². The van der Waals surface area contributed by atoms with E-state index >= 15 is 0 Å². The van der Waals surface area contributed by atoms with Gasteiger partial charge in [0.25, 0.3) is 0 Å². The Morgan fingerprint density at radius 3 is 2.41 bits per heavy atom. The van der Waals surface area contributed by atoms with Crippen molar-refractivity contribution < 1.29 is 9.50 Å². The molecule has 22 heavy (non-hydrogen) atoms. The van der Waals surface area contributed by atoms with Crippen molar-refractivity contribution >= 4 is 23.2 Å². The van der Waals surface area contributed by atoms with Gasteiger partial charge < -0.3 is 5.11 Å². The molecule has 0 aliphatic heterocycles. The highest BCUT2D eigenvalue weighted by Gasteiger charge is 2.23. The predicted octanol–water partition coefficient (Wildman–Crippen LogP) is 5.41. The Hall–Kier alpha value is -1.16. The Morgan fingerprint density at radius 1 is 1.23 bits per heavy atom. The van der Waals surface area contributed by atoms with Crippen LogP contribution in [-0.4, -0.2) is 16.7 Å². The monoisotopic (exact) mass is 341 g/mol. The lowest BCUT2D eigenvalue weighted by Gasteiger charge is -2.23. The summed E-state index contributed by atoms with van der Waals surface area (Å²) in [5.41, 5.74) is 2.75. The zero-order valence-corrected chi connectivity index (χ0v) is 14.2. The number of nitrogens with zero attached hydrogens (tertiary/aromatic N) is 1. The molecule has 1 aromatic carbocycles. The smallest absolute Gasteiger partial charge is 0.149 e. The van der Waals surface area contributed by atoms with Gasteiger partial charge in [-0.2, -0.15) is 0 Å². The second kappa shape index (κ2) is 6.95. The van der Waals surface area contributed by atoms with Crippen LogP contribution in [0.1, 0.15) is 43.7 Å². The third kappa shape index (κ3) is 3.27. The minimum Gasteiger partial charge on any atom is -0.396 e. The molecule has 0 amide bonds. The molecule has 0 radical (unpaired) electrons. The van der Waals surface area contributed by atoms with Gasteiger partial charge in [0.1, 0.15) is 11.0 Å². The third-order valence-corrected chi connectivity index (χ3v) is 4.19. The number of hydrogen-bond donors (Lipinski definition) is 1. The highest BCUT2D eigenvalue weighted by Crippen LogP contribution is 2.40. The Labute approximate surface area is 139 Å². The summed E-state index contributed by atoms with van der Waals surface area (Å²) in [7, 11) is 0. The fraction of sp³-hybridized carbons (Fsp3) is 0.353. The van der Waals surface area contributed by atoms with Crippen molar-refractivity contribution in [2.24, 2.45) is 0 Å². The molecule has 2 rings (SSSR count). The number of hydrogen-bond acceptors (Lipinski definition) is 2. The van der Waals surface area contributed by atoms with Gasteiger partial charge in [-0.3, -0.25) is 0 Å². The van der Waals surface area contributed by atoms with Gasteiger partial charge in [-0.25, -0.2) is 9.37 Å². The average Bonchev–Trinajstić information content (AvgIpc) is 2.49. The van der Waals surface area contributed by atoms with E-state index in [2.05, 4.69) is 4.98 Å². The van der Waals surface area contributed by atoms with E-state index in [1.165, 1.54) is 6.20 Å². The Kier molecular flexibility index (Phi) is 5.43. The van der Waals surface area contributed by atoms with Crippen LogP contribution in [0.25, 0.3) is 11.1 Å². The lowest BCUT2D eigenvalue weighted by molar-refractivity contribution is 0.272. The standard InChI is InChI=1S/C17H18Cl2FNO/c1-9(2)15-12(10(3)8-22)6-13(18)17(20)16(15)11-4-5-14(19)21-7-11/h4-7,9-10,22H,8H2,1-3H3. The molecule has 0 fully saturated rings. The summed E-state index contributed by atoms with van der Waals surface area (Å²) in [6, 6.07) is 4.96. The molecule has 0 bridgehead atoms. The summed E-state index contributed by atoms with van der Waals surface area (Å²) < 4.78 is 14.7. The molecule has 1 aromatic heterocycles. The number of aliphatic hydroxyl groups is 1. The van der Waals surface area contributed by atoms with Gasteiger partial charge in [0.05, 0.1) is 5.02 Å². The van der Waals surface area contributed by atoms with Crippen molar-refractivity contribution in [1.29, 1.82) is 0 Å². The fourth-order valence-corrected chi connectivity index (χ4v) is 2.92. The van der Waals surface area contributed by atoms with Gasteiger partial charge in [0, 0.05) is 29.8 Å². The van der Waals surface area contributed by atoms with E-state index in [0.29, 0.717) is 16.3 Å². The van der Waals surface area contributed by atoms with Crippen molar-refractivity contribution in [2.75, 3.05) is 6.61 Å². The van der Waals surface area contributed by atoms with Gasteiger partial charge in [-0.1, -0.05) is 44.0 Å². The zero-order chi connectivity index (χ0) is 16.4. The maximum Gasteiger partial charge on any atom is 0.149 e. The van der Waals surface area contributed by atoms with Crippen molar-refractivity contribution in [3.63, 3.8) is 0 Å². The first-order chi connectivity index (χ1) is 10.4. The number of halogens is 3.